The fourth-order valence-corrected chi connectivity index (χ4v) is 3.01. The maximum atomic E-state index is 10.0. The van der Waals surface area contributed by atoms with Gasteiger partial charge in [0, 0.05) is 10.4 Å². The summed E-state index contributed by atoms with van der Waals surface area (Å²) in [5, 5.41) is 20.3. The lowest BCUT2D eigenvalue weighted by Crippen LogP contribution is -2.18. The Morgan fingerprint density at radius 2 is 1.95 bits per heavy atom. The summed E-state index contributed by atoms with van der Waals surface area (Å²) in [6, 6.07) is 7.37. The molecule has 0 aliphatic heterocycles. The minimum atomic E-state index is -0.891. The van der Waals surface area contributed by atoms with Crippen LogP contribution in [0.1, 0.15) is 23.0 Å². The summed E-state index contributed by atoms with van der Waals surface area (Å²) >= 11 is 5.51. The summed E-state index contributed by atoms with van der Waals surface area (Å²) in [6.07, 6.45) is -1.24. The van der Waals surface area contributed by atoms with Crippen LogP contribution in [0.25, 0.3) is 11.3 Å². The smallest absolute Gasteiger partial charge is 0.180 e. The number of thiazole rings is 1. The van der Waals surface area contributed by atoms with Gasteiger partial charge in [0.05, 0.1) is 11.8 Å². The Kier molecular flexibility index (Phi) is 5.04. The summed E-state index contributed by atoms with van der Waals surface area (Å²) < 4.78 is 0. The highest BCUT2D eigenvalue weighted by Gasteiger charge is 2.17. The summed E-state index contributed by atoms with van der Waals surface area (Å²) in [5.41, 5.74) is 8.20. The molecule has 1 aromatic heterocycles. The van der Waals surface area contributed by atoms with Crippen molar-refractivity contribution in [2.24, 2.45) is 0 Å². The van der Waals surface area contributed by atoms with Gasteiger partial charge in [-0.25, -0.2) is 4.98 Å². The molecule has 0 aliphatic rings. The van der Waals surface area contributed by atoms with Gasteiger partial charge in [-0.15, -0.1) is 11.3 Å². The molecule has 2 atom stereocenters. The Balaban J connectivity index is 2.20. The van der Waals surface area contributed by atoms with Gasteiger partial charge >= 0.3 is 0 Å². The molecule has 4 nitrogen and oxygen atoms in total. The molecule has 1 aromatic carbocycles. The summed E-state index contributed by atoms with van der Waals surface area (Å²) in [5.74, 6) is 0.535. The third-order valence-electron chi connectivity index (χ3n) is 3.13. The van der Waals surface area contributed by atoms with Crippen LogP contribution in [0.15, 0.2) is 24.3 Å². The average molecular weight is 310 g/mol. The van der Waals surface area contributed by atoms with Crippen molar-refractivity contribution in [3.05, 3.63) is 34.7 Å². The SMILES string of the molecule is Cc1sc(N)nc1-c1ccc(C(O)C(O)CCS)cc1. The predicted octanol–water partition coefficient (Wildman–Crippen LogP) is 2.41. The van der Waals surface area contributed by atoms with Crippen LogP contribution in [-0.2, 0) is 0 Å². The standard InChI is InChI=1S/C14H18N2O2S2/c1-8-12(16-14(15)20-8)9-2-4-10(5-3-9)13(18)11(17)6-7-19/h2-5,11,13,17-19H,6-7H2,1H3,(H2,15,16). The topological polar surface area (TPSA) is 79.4 Å². The van der Waals surface area contributed by atoms with Crippen LogP contribution in [0.2, 0.25) is 0 Å². The molecular formula is C14H18N2O2S2. The van der Waals surface area contributed by atoms with E-state index in [-0.39, 0.29) is 0 Å². The van der Waals surface area contributed by atoms with Gasteiger partial charge < -0.3 is 15.9 Å². The van der Waals surface area contributed by atoms with Crippen LogP contribution < -0.4 is 5.73 Å². The monoisotopic (exact) mass is 310 g/mol. The van der Waals surface area contributed by atoms with Crippen molar-refractivity contribution >= 4 is 29.1 Å². The van der Waals surface area contributed by atoms with Crippen molar-refractivity contribution in [3.63, 3.8) is 0 Å². The maximum Gasteiger partial charge on any atom is 0.180 e. The molecule has 0 fully saturated rings. The molecule has 20 heavy (non-hydrogen) atoms. The number of nitrogen functional groups attached to an aromatic ring is 1. The molecule has 2 aromatic rings. The van der Waals surface area contributed by atoms with E-state index in [4.69, 9.17) is 5.73 Å². The van der Waals surface area contributed by atoms with Gasteiger partial charge in [-0.05, 0) is 24.7 Å². The number of aliphatic hydroxyl groups is 2. The van der Waals surface area contributed by atoms with E-state index in [9.17, 15) is 10.2 Å². The van der Waals surface area contributed by atoms with E-state index in [0.717, 1.165) is 16.1 Å². The molecule has 0 spiro atoms. The Bertz CT molecular complexity index is 569. The largest absolute Gasteiger partial charge is 0.390 e. The first kappa shape index (κ1) is 15.3. The number of aliphatic hydroxyl groups excluding tert-OH is 2. The summed E-state index contributed by atoms with van der Waals surface area (Å²) in [6.45, 7) is 1.97. The first-order valence-corrected chi connectivity index (χ1v) is 7.78. The molecule has 2 unspecified atom stereocenters. The van der Waals surface area contributed by atoms with Crippen LogP contribution in [0.4, 0.5) is 5.13 Å². The molecule has 0 saturated carbocycles. The van der Waals surface area contributed by atoms with Crippen molar-refractivity contribution in [1.29, 1.82) is 0 Å². The second kappa shape index (κ2) is 6.58. The van der Waals surface area contributed by atoms with Gasteiger partial charge in [0.15, 0.2) is 5.13 Å². The number of rotatable bonds is 5. The minimum Gasteiger partial charge on any atom is -0.390 e. The lowest BCUT2D eigenvalue weighted by atomic mass is 10.0. The Morgan fingerprint density at radius 1 is 1.30 bits per heavy atom. The molecule has 108 valence electrons. The average Bonchev–Trinajstić information content (AvgIpc) is 2.77. The third-order valence-corrected chi connectivity index (χ3v) is 4.19. The number of aryl methyl sites for hydroxylation is 1. The van der Waals surface area contributed by atoms with E-state index in [2.05, 4.69) is 17.6 Å². The first-order valence-electron chi connectivity index (χ1n) is 6.33. The molecule has 4 N–H and O–H groups in total. The van der Waals surface area contributed by atoms with Gasteiger partial charge in [-0.1, -0.05) is 24.3 Å². The predicted molar refractivity (Wildman–Crippen MR) is 86.1 cm³/mol. The second-order valence-electron chi connectivity index (χ2n) is 4.60. The number of thiol groups is 1. The molecule has 0 amide bonds. The zero-order valence-electron chi connectivity index (χ0n) is 11.2. The number of nitrogens with zero attached hydrogens (tertiary/aromatic N) is 1. The van der Waals surface area contributed by atoms with E-state index >= 15 is 0 Å². The number of aromatic nitrogens is 1. The van der Waals surface area contributed by atoms with Crippen LogP contribution in [-0.4, -0.2) is 27.1 Å². The van der Waals surface area contributed by atoms with Crippen LogP contribution >= 0.6 is 24.0 Å². The number of benzene rings is 1. The second-order valence-corrected chi connectivity index (χ2v) is 6.29. The van der Waals surface area contributed by atoms with Crippen LogP contribution in [0.5, 0.6) is 0 Å². The van der Waals surface area contributed by atoms with E-state index in [0.29, 0.717) is 22.9 Å². The zero-order valence-corrected chi connectivity index (χ0v) is 12.9. The summed E-state index contributed by atoms with van der Waals surface area (Å²) in [7, 11) is 0. The van der Waals surface area contributed by atoms with Gasteiger partial charge in [0.25, 0.3) is 0 Å². The number of hydrogen-bond acceptors (Lipinski definition) is 6. The van der Waals surface area contributed by atoms with E-state index in [1.54, 1.807) is 12.1 Å². The van der Waals surface area contributed by atoms with Gasteiger partial charge in [-0.2, -0.15) is 12.6 Å². The molecule has 2 rings (SSSR count). The van der Waals surface area contributed by atoms with Crippen molar-refractivity contribution in [2.45, 2.75) is 25.6 Å². The van der Waals surface area contributed by atoms with E-state index in [1.165, 1.54) is 11.3 Å². The van der Waals surface area contributed by atoms with Crippen molar-refractivity contribution < 1.29 is 10.2 Å². The minimum absolute atomic E-state index is 0.452. The van der Waals surface area contributed by atoms with Gasteiger partial charge in [-0.3, -0.25) is 0 Å². The molecule has 0 radical (unpaired) electrons. The first-order chi connectivity index (χ1) is 9.52. The Labute approximate surface area is 127 Å². The molecule has 0 aliphatic carbocycles. The van der Waals surface area contributed by atoms with Gasteiger partial charge in [0.1, 0.15) is 6.10 Å². The molecule has 6 heteroatoms. The fraction of sp³-hybridized carbons (Fsp3) is 0.357. The van der Waals surface area contributed by atoms with E-state index in [1.807, 2.05) is 19.1 Å². The van der Waals surface area contributed by atoms with Crippen molar-refractivity contribution in [3.8, 4) is 11.3 Å². The molecule has 0 bridgehead atoms. The highest BCUT2D eigenvalue weighted by molar-refractivity contribution is 7.80. The van der Waals surface area contributed by atoms with Crippen molar-refractivity contribution in [2.75, 3.05) is 11.5 Å². The van der Waals surface area contributed by atoms with E-state index < -0.39 is 12.2 Å². The Hall–Kier alpha value is -1.08. The van der Waals surface area contributed by atoms with Crippen molar-refractivity contribution in [1.82, 2.24) is 4.98 Å². The zero-order chi connectivity index (χ0) is 14.7. The molecule has 1 heterocycles. The number of hydrogen-bond donors (Lipinski definition) is 4. The number of nitrogens with two attached hydrogens (primary N) is 1. The highest BCUT2D eigenvalue weighted by Crippen LogP contribution is 2.30. The molecule has 0 saturated heterocycles. The van der Waals surface area contributed by atoms with Gasteiger partial charge in [0.2, 0.25) is 0 Å². The van der Waals surface area contributed by atoms with Crippen LogP contribution in [0, 0.1) is 6.92 Å². The quantitative estimate of drug-likeness (QED) is 0.640. The maximum absolute atomic E-state index is 10.0. The fourth-order valence-electron chi connectivity index (χ4n) is 2.04. The molecular weight excluding hydrogens is 292 g/mol. The highest BCUT2D eigenvalue weighted by atomic mass is 32.1. The lowest BCUT2D eigenvalue weighted by Gasteiger charge is -2.17. The lowest BCUT2D eigenvalue weighted by molar-refractivity contribution is 0.0172. The Morgan fingerprint density at radius 3 is 2.45 bits per heavy atom. The van der Waals surface area contributed by atoms with Crippen LogP contribution in [0.3, 0.4) is 0 Å². The third kappa shape index (κ3) is 3.32. The summed E-state index contributed by atoms with van der Waals surface area (Å²) in [4.78, 5) is 5.35. The number of anilines is 1. The normalized spacial score (nSPS) is 14.2.